The zero-order chi connectivity index (χ0) is 13.3. The molecule has 0 saturated carbocycles. The lowest BCUT2D eigenvalue weighted by molar-refractivity contribution is 0.0775. The molecule has 0 bridgehead atoms. The normalized spacial score (nSPS) is 11.6. The molecule has 0 atom stereocenters. The van der Waals surface area contributed by atoms with Gasteiger partial charge in [0.05, 0.1) is 11.3 Å². The summed E-state index contributed by atoms with van der Waals surface area (Å²) >= 11 is 0. The first-order valence-corrected chi connectivity index (χ1v) is 5.84. The van der Waals surface area contributed by atoms with Gasteiger partial charge in [0.15, 0.2) is 0 Å². The van der Waals surface area contributed by atoms with E-state index in [4.69, 9.17) is 0 Å². The third-order valence-electron chi connectivity index (χ3n) is 2.88. The molecule has 3 heteroatoms. The maximum Gasteiger partial charge on any atom is 0.123 e. The van der Waals surface area contributed by atoms with E-state index in [1.54, 1.807) is 26.0 Å². The van der Waals surface area contributed by atoms with Gasteiger partial charge in [-0.05, 0) is 51.1 Å². The van der Waals surface area contributed by atoms with Gasteiger partial charge in [0.25, 0.3) is 0 Å². The first-order valence-electron chi connectivity index (χ1n) is 5.84. The summed E-state index contributed by atoms with van der Waals surface area (Å²) in [5.74, 6) is -0.261. The van der Waals surface area contributed by atoms with Gasteiger partial charge in [0.1, 0.15) is 5.82 Å². The Balaban J connectivity index is 2.43. The quantitative estimate of drug-likeness (QED) is 0.879. The molecule has 0 radical (unpaired) electrons. The number of rotatable bonds is 2. The molecule has 1 aromatic carbocycles. The van der Waals surface area contributed by atoms with Gasteiger partial charge in [0.2, 0.25) is 0 Å². The van der Waals surface area contributed by atoms with Crippen molar-refractivity contribution in [1.29, 1.82) is 0 Å². The van der Waals surface area contributed by atoms with Gasteiger partial charge < -0.3 is 5.11 Å². The Kier molecular flexibility index (Phi) is 3.18. The van der Waals surface area contributed by atoms with Crippen LogP contribution in [0, 0.1) is 12.7 Å². The van der Waals surface area contributed by atoms with Crippen molar-refractivity contribution in [2.24, 2.45) is 0 Å². The van der Waals surface area contributed by atoms with Crippen LogP contribution >= 0.6 is 0 Å². The molecular formula is C15H16FNO. The average Bonchev–Trinajstić information content (AvgIpc) is 2.28. The van der Waals surface area contributed by atoms with E-state index in [1.807, 2.05) is 19.1 Å². The zero-order valence-corrected chi connectivity index (χ0v) is 10.7. The summed E-state index contributed by atoms with van der Waals surface area (Å²) < 4.78 is 12.8. The number of aliphatic hydroxyl groups is 1. The molecule has 0 aliphatic rings. The van der Waals surface area contributed by atoms with Crippen LogP contribution in [0.15, 0.2) is 36.4 Å². The van der Waals surface area contributed by atoms with Gasteiger partial charge in [-0.3, -0.25) is 4.98 Å². The molecular weight excluding hydrogens is 229 g/mol. The average molecular weight is 245 g/mol. The SMILES string of the molecule is Cc1nc(-c2ccc(F)cc2)ccc1C(C)(C)O. The van der Waals surface area contributed by atoms with Crippen LogP contribution in [0.4, 0.5) is 4.39 Å². The Morgan fingerprint density at radius 2 is 1.67 bits per heavy atom. The summed E-state index contributed by atoms with van der Waals surface area (Å²) in [6, 6.07) is 9.92. The van der Waals surface area contributed by atoms with Crippen molar-refractivity contribution in [3.05, 3.63) is 53.5 Å². The number of aryl methyl sites for hydroxylation is 1. The molecule has 0 unspecified atom stereocenters. The molecule has 94 valence electrons. The van der Waals surface area contributed by atoms with Crippen molar-refractivity contribution in [3.63, 3.8) is 0 Å². The van der Waals surface area contributed by atoms with Crippen molar-refractivity contribution in [2.45, 2.75) is 26.4 Å². The highest BCUT2D eigenvalue weighted by molar-refractivity contribution is 5.59. The molecule has 18 heavy (non-hydrogen) atoms. The summed E-state index contributed by atoms with van der Waals surface area (Å²) in [6.07, 6.45) is 0. The lowest BCUT2D eigenvalue weighted by Gasteiger charge is -2.20. The van der Waals surface area contributed by atoms with Crippen molar-refractivity contribution in [3.8, 4) is 11.3 Å². The molecule has 2 aromatic rings. The monoisotopic (exact) mass is 245 g/mol. The van der Waals surface area contributed by atoms with Gasteiger partial charge in [-0.25, -0.2) is 4.39 Å². The number of pyridine rings is 1. The fourth-order valence-corrected chi connectivity index (χ4v) is 1.99. The summed E-state index contributed by atoms with van der Waals surface area (Å²) in [6.45, 7) is 5.32. The van der Waals surface area contributed by atoms with Crippen LogP contribution in [-0.4, -0.2) is 10.1 Å². The van der Waals surface area contributed by atoms with E-state index >= 15 is 0 Å². The van der Waals surface area contributed by atoms with Crippen molar-refractivity contribution >= 4 is 0 Å². The van der Waals surface area contributed by atoms with Crippen LogP contribution in [0.5, 0.6) is 0 Å². The highest BCUT2D eigenvalue weighted by Gasteiger charge is 2.19. The van der Waals surface area contributed by atoms with Gasteiger partial charge >= 0.3 is 0 Å². The minimum absolute atomic E-state index is 0.261. The summed E-state index contributed by atoms with van der Waals surface area (Å²) in [4.78, 5) is 4.46. The summed E-state index contributed by atoms with van der Waals surface area (Å²) in [7, 11) is 0. The predicted octanol–water partition coefficient (Wildman–Crippen LogP) is 3.42. The molecule has 0 aliphatic carbocycles. The molecule has 0 aliphatic heterocycles. The Labute approximate surface area is 106 Å². The van der Waals surface area contributed by atoms with Gasteiger partial charge in [-0.1, -0.05) is 6.07 Å². The Hall–Kier alpha value is -1.74. The lowest BCUT2D eigenvalue weighted by atomic mass is 9.96. The largest absolute Gasteiger partial charge is 0.386 e. The first-order chi connectivity index (χ1) is 8.38. The Morgan fingerprint density at radius 1 is 1.06 bits per heavy atom. The van der Waals surface area contributed by atoms with Gasteiger partial charge in [0, 0.05) is 16.8 Å². The molecule has 0 saturated heterocycles. The van der Waals surface area contributed by atoms with Crippen LogP contribution in [0.25, 0.3) is 11.3 Å². The van der Waals surface area contributed by atoms with Crippen LogP contribution in [0.3, 0.4) is 0 Å². The highest BCUT2D eigenvalue weighted by Crippen LogP contribution is 2.25. The number of nitrogens with zero attached hydrogens (tertiary/aromatic N) is 1. The summed E-state index contributed by atoms with van der Waals surface area (Å²) in [5.41, 5.74) is 2.32. The molecule has 1 N–H and O–H groups in total. The minimum atomic E-state index is -0.904. The van der Waals surface area contributed by atoms with Gasteiger partial charge in [-0.2, -0.15) is 0 Å². The van der Waals surface area contributed by atoms with E-state index in [0.717, 1.165) is 22.5 Å². The van der Waals surface area contributed by atoms with Crippen LogP contribution in [0.1, 0.15) is 25.1 Å². The summed E-state index contributed by atoms with van der Waals surface area (Å²) in [5, 5.41) is 9.98. The smallest absolute Gasteiger partial charge is 0.123 e. The van der Waals surface area contributed by atoms with Crippen molar-refractivity contribution < 1.29 is 9.50 Å². The Bertz CT molecular complexity index is 556. The van der Waals surface area contributed by atoms with E-state index < -0.39 is 5.60 Å². The van der Waals surface area contributed by atoms with Crippen LogP contribution < -0.4 is 0 Å². The van der Waals surface area contributed by atoms with Crippen LogP contribution in [-0.2, 0) is 5.60 Å². The molecule has 2 nitrogen and oxygen atoms in total. The molecule has 0 fully saturated rings. The fourth-order valence-electron chi connectivity index (χ4n) is 1.99. The number of hydrogen-bond donors (Lipinski definition) is 1. The van der Waals surface area contributed by atoms with E-state index in [9.17, 15) is 9.50 Å². The molecule has 1 heterocycles. The van der Waals surface area contributed by atoms with Crippen molar-refractivity contribution in [2.75, 3.05) is 0 Å². The first kappa shape index (κ1) is 12.7. The molecule has 2 rings (SSSR count). The van der Waals surface area contributed by atoms with E-state index in [2.05, 4.69) is 4.98 Å². The number of benzene rings is 1. The van der Waals surface area contributed by atoms with E-state index in [-0.39, 0.29) is 5.82 Å². The second-order valence-electron chi connectivity index (χ2n) is 4.90. The second kappa shape index (κ2) is 4.50. The molecule has 0 amide bonds. The molecule has 0 spiro atoms. The van der Waals surface area contributed by atoms with Crippen molar-refractivity contribution in [1.82, 2.24) is 4.98 Å². The lowest BCUT2D eigenvalue weighted by Crippen LogP contribution is -2.17. The number of halogens is 1. The maximum absolute atomic E-state index is 12.8. The van der Waals surface area contributed by atoms with Crippen LogP contribution in [0.2, 0.25) is 0 Å². The van der Waals surface area contributed by atoms with E-state index in [1.165, 1.54) is 12.1 Å². The molecule has 1 aromatic heterocycles. The zero-order valence-electron chi connectivity index (χ0n) is 10.7. The number of aromatic nitrogens is 1. The standard InChI is InChI=1S/C15H16FNO/c1-10-13(15(2,3)18)8-9-14(17-10)11-4-6-12(16)7-5-11/h4-9,18H,1-3H3. The highest BCUT2D eigenvalue weighted by atomic mass is 19.1. The topological polar surface area (TPSA) is 33.1 Å². The minimum Gasteiger partial charge on any atom is -0.386 e. The maximum atomic E-state index is 12.8. The van der Waals surface area contributed by atoms with E-state index in [0.29, 0.717) is 0 Å². The number of hydrogen-bond acceptors (Lipinski definition) is 2. The van der Waals surface area contributed by atoms with Gasteiger partial charge in [-0.15, -0.1) is 0 Å². The third-order valence-corrected chi connectivity index (χ3v) is 2.88. The predicted molar refractivity (Wildman–Crippen MR) is 69.6 cm³/mol. The fraction of sp³-hybridized carbons (Fsp3) is 0.267. The third kappa shape index (κ3) is 2.57. The second-order valence-corrected chi connectivity index (χ2v) is 4.90. The Morgan fingerprint density at radius 3 is 2.17 bits per heavy atom.